The Bertz CT molecular complexity index is 1290. The Hall–Kier alpha value is -3.75. The number of aromatic nitrogens is 6. The summed E-state index contributed by atoms with van der Waals surface area (Å²) in [5, 5.41) is 13.4. The summed E-state index contributed by atoms with van der Waals surface area (Å²) in [4.78, 5) is 4.33. The SMILES string of the molecule is CCc1nnn2c1-c1cnc(N)c(c1)O[C@H](C)c1cc(F)ccc1-c1nn(C)cc1C2. The maximum absolute atomic E-state index is 14.2. The quantitative estimate of drug-likeness (QED) is 0.507. The standard InChI is InChI=1S/C22H22FN7O/c1-4-18-21-13-7-19(22(24)25-9-13)31-12(2)17-8-15(23)5-6-16(17)20-14(10-29(3)27-20)11-30(21)28-26-18/h5-10,12H,4,11H2,1-3H3,(H2,24,25)/t12-/m1/s1. The van der Waals surface area contributed by atoms with Gasteiger partial charge in [-0.2, -0.15) is 5.10 Å². The third-order valence-corrected chi connectivity index (χ3v) is 5.53. The smallest absolute Gasteiger partial charge is 0.166 e. The van der Waals surface area contributed by atoms with Crippen LogP contribution in [-0.4, -0.2) is 29.8 Å². The molecule has 1 atom stereocenters. The molecule has 1 aromatic carbocycles. The van der Waals surface area contributed by atoms with Crippen LogP contribution in [0.3, 0.4) is 0 Å². The van der Waals surface area contributed by atoms with Crippen LogP contribution in [0, 0.1) is 5.82 Å². The van der Waals surface area contributed by atoms with Gasteiger partial charge in [-0.15, -0.1) is 5.10 Å². The topological polar surface area (TPSA) is 96.7 Å². The molecular weight excluding hydrogens is 397 g/mol. The molecule has 0 spiro atoms. The van der Waals surface area contributed by atoms with Crippen LogP contribution in [0.1, 0.15) is 36.8 Å². The van der Waals surface area contributed by atoms with E-state index in [2.05, 4.69) is 20.4 Å². The number of aryl methyl sites for hydroxylation is 2. The Labute approximate surface area is 178 Å². The van der Waals surface area contributed by atoms with E-state index in [0.717, 1.165) is 33.8 Å². The van der Waals surface area contributed by atoms with E-state index >= 15 is 0 Å². The summed E-state index contributed by atoms with van der Waals surface area (Å²) in [5.41, 5.74) is 11.8. The molecule has 9 heteroatoms. The Morgan fingerprint density at radius 2 is 2.13 bits per heavy atom. The minimum absolute atomic E-state index is 0.265. The largest absolute Gasteiger partial charge is 0.482 e. The first kappa shape index (κ1) is 19.2. The fourth-order valence-electron chi connectivity index (χ4n) is 4.07. The van der Waals surface area contributed by atoms with Crippen molar-refractivity contribution in [3.8, 4) is 28.3 Å². The minimum atomic E-state index is -0.479. The Balaban J connectivity index is 1.81. The molecule has 4 aromatic rings. The summed E-state index contributed by atoms with van der Waals surface area (Å²) in [6.07, 6.45) is 3.88. The summed E-state index contributed by atoms with van der Waals surface area (Å²) in [6.45, 7) is 4.35. The molecule has 4 heterocycles. The van der Waals surface area contributed by atoms with Gasteiger partial charge in [-0.3, -0.25) is 4.68 Å². The number of anilines is 1. The van der Waals surface area contributed by atoms with E-state index in [0.29, 0.717) is 24.3 Å². The highest BCUT2D eigenvalue weighted by Gasteiger charge is 2.24. The Kier molecular flexibility index (Phi) is 4.46. The lowest BCUT2D eigenvalue weighted by molar-refractivity contribution is 0.227. The number of pyridine rings is 1. The molecule has 31 heavy (non-hydrogen) atoms. The summed E-state index contributed by atoms with van der Waals surface area (Å²) >= 11 is 0. The highest BCUT2D eigenvalue weighted by atomic mass is 19.1. The van der Waals surface area contributed by atoms with Crippen molar-refractivity contribution in [3.05, 3.63) is 59.3 Å². The van der Waals surface area contributed by atoms with Gasteiger partial charge >= 0.3 is 0 Å². The first-order valence-corrected chi connectivity index (χ1v) is 10.1. The van der Waals surface area contributed by atoms with Gasteiger partial charge < -0.3 is 10.5 Å². The van der Waals surface area contributed by atoms with E-state index in [1.807, 2.05) is 37.8 Å². The van der Waals surface area contributed by atoms with Crippen molar-refractivity contribution in [2.75, 3.05) is 5.73 Å². The summed E-state index contributed by atoms with van der Waals surface area (Å²) in [6, 6.07) is 6.49. The van der Waals surface area contributed by atoms with E-state index in [9.17, 15) is 4.39 Å². The number of ether oxygens (including phenoxy) is 1. The lowest BCUT2D eigenvalue weighted by atomic mass is 9.97. The number of nitrogen functional groups attached to an aromatic ring is 1. The van der Waals surface area contributed by atoms with Crippen LogP contribution in [0.4, 0.5) is 10.2 Å². The maximum Gasteiger partial charge on any atom is 0.166 e. The molecule has 0 unspecified atom stereocenters. The summed E-state index contributed by atoms with van der Waals surface area (Å²) < 4.78 is 24.0. The minimum Gasteiger partial charge on any atom is -0.482 e. The molecule has 2 N–H and O–H groups in total. The highest BCUT2D eigenvalue weighted by Crippen LogP contribution is 2.37. The number of fused-ring (bicyclic) bond motifs is 7. The molecule has 5 rings (SSSR count). The first-order chi connectivity index (χ1) is 14.9. The number of nitrogens with zero attached hydrogens (tertiary/aromatic N) is 6. The number of benzene rings is 1. The average Bonchev–Trinajstić information content (AvgIpc) is 3.32. The van der Waals surface area contributed by atoms with Crippen LogP contribution < -0.4 is 10.5 Å². The zero-order chi connectivity index (χ0) is 21.7. The first-order valence-electron chi connectivity index (χ1n) is 10.1. The maximum atomic E-state index is 14.2. The van der Waals surface area contributed by atoms with Gasteiger partial charge in [-0.05, 0) is 37.6 Å². The normalized spacial score (nSPS) is 15.2. The predicted molar refractivity (Wildman–Crippen MR) is 114 cm³/mol. The van der Waals surface area contributed by atoms with Gasteiger partial charge in [-0.25, -0.2) is 14.1 Å². The molecule has 3 aromatic heterocycles. The second-order valence-electron chi connectivity index (χ2n) is 7.67. The third-order valence-electron chi connectivity index (χ3n) is 5.53. The van der Waals surface area contributed by atoms with Crippen LogP contribution in [0.25, 0.3) is 22.5 Å². The van der Waals surface area contributed by atoms with Gasteiger partial charge in [0.15, 0.2) is 11.6 Å². The molecule has 0 saturated heterocycles. The Morgan fingerprint density at radius 1 is 1.29 bits per heavy atom. The van der Waals surface area contributed by atoms with E-state index in [4.69, 9.17) is 10.5 Å². The zero-order valence-corrected chi connectivity index (χ0v) is 17.5. The molecule has 2 bridgehead atoms. The molecule has 0 radical (unpaired) electrons. The molecule has 1 aliphatic heterocycles. The van der Waals surface area contributed by atoms with E-state index in [1.54, 1.807) is 16.9 Å². The number of halogens is 1. The molecule has 0 saturated carbocycles. The highest BCUT2D eigenvalue weighted by molar-refractivity contribution is 5.70. The zero-order valence-electron chi connectivity index (χ0n) is 17.5. The number of nitrogens with two attached hydrogens (primary N) is 1. The molecule has 0 aliphatic carbocycles. The number of hydrogen-bond donors (Lipinski definition) is 1. The van der Waals surface area contributed by atoms with Crippen molar-refractivity contribution in [1.82, 2.24) is 29.8 Å². The van der Waals surface area contributed by atoms with Crippen LogP contribution in [0.2, 0.25) is 0 Å². The van der Waals surface area contributed by atoms with Gasteiger partial charge in [0.05, 0.1) is 23.6 Å². The second kappa shape index (κ2) is 7.19. The number of hydrogen-bond acceptors (Lipinski definition) is 6. The summed E-state index contributed by atoms with van der Waals surface area (Å²) in [5.74, 6) is 0.350. The van der Waals surface area contributed by atoms with Gasteiger partial charge in [-0.1, -0.05) is 12.1 Å². The molecule has 1 aliphatic rings. The Morgan fingerprint density at radius 3 is 2.94 bits per heavy atom. The molecule has 0 amide bonds. The van der Waals surface area contributed by atoms with Crippen LogP contribution >= 0.6 is 0 Å². The molecular formula is C22H22FN7O. The van der Waals surface area contributed by atoms with Crippen LogP contribution in [0.5, 0.6) is 5.75 Å². The van der Waals surface area contributed by atoms with Gasteiger partial charge in [0.2, 0.25) is 0 Å². The molecule has 0 fully saturated rings. The predicted octanol–water partition coefficient (Wildman–Crippen LogP) is 3.53. The van der Waals surface area contributed by atoms with Crippen molar-refractivity contribution >= 4 is 5.82 Å². The van der Waals surface area contributed by atoms with E-state index in [1.165, 1.54) is 12.1 Å². The molecule has 8 nitrogen and oxygen atoms in total. The molecule has 158 valence electrons. The van der Waals surface area contributed by atoms with Crippen molar-refractivity contribution in [2.45, 2.75) is 32.9 Å². The van der Waals surface area contributed by atoms with Crippen molar-refractivity contribution in [2.24, 2.45) is 7.05 Å². The van der Waals surface area contributed by atoms with E-state index in [-0.39, 0.29) is 11.6 Å². The third kappa shape index (κ3) is 3.22. The van der Waals surface area contributed by atoms with Gasteiger partial charge in [0.1, 0.15) is 11.9 Å². The van der Waals surface area contributed by atoms with Crippen LogP contribution in [-0.2, 0) is 20.0 Å². The lowest BCUT2D eigenvalue weighted by Gasteiger charge is -2.21. The number of rotatable bonds is 1. The fourth-order valence-corrected chi connectivity index (χ4v) is 4.07. The van der Waals surface area contributed by atoms with Gasteiger partial charge in [0, 0.05) is 41.7 Å². The van der Waals surface area contributed by atoms with Crippen LogP contribution in [0.15, 0.2) is 36.7 Å². The monoisotopic (exact) mass is 419 g/mol. The average molecular weight is 419 g/mol. The second-order valence-corrected chi connectivity index (χ2v) is 7.67. The van der Waals surface area contributed by atoms with Gasteiger partial charge in [0.25, 0.3) is 0 Å². The van der Waals surface area contributed by atoms with E-state index < -0.39 is 6.10 Å². The summed E-state index contributed by atoms with van der Waals surface area (Å²) in [7, 11) is 1.86. The fraction of sp³-hybridized carbons (Fsp3) is 0.273. The van der Waals surface area contributed by atoms with Crippen molar-refractivity contribution < 1.29 is 9.13 Å². The van der Waals surface area contributed by atoms with Crippen molar-refractivity contribution in [1.29, 1.82) is 0 Å². The van der Waals surface area contributed by atoms with Crippen molar-refractivity contribution in [3.63, 3.8) is 0 Å². The lowest BCUT2D eigenvalue weighted by Crippen LogP contribution is -2.11.